The molecule has 1 rings (SSSR count). The number of allylic oxidation sites excluding steroid dienone is 1. The van der Waals surface area contributed by atoms with Gasteiger partial charge in [-0.3, -0.25) is 0 Å². The van der Waals surface area contributed by atoms with Crippen molar-refractivity contribution < 1.29 is 19.4 Å². The molecule has 0 unspecified atom stereocenters. The Bertz CT molecular complexity index is 747. The van der Waals surface area contributed by atoms with Crippen LogP contribution in [0.4, 0.5) is 0 Å². The molecule has 1 aromatic carbocycles. The number of ether oxygens (including phenoxy) is 1. The highest BCUT2D eigenvalue weighted by atomic mass is 16.5. The fourth-order valence-corrected chi connectivity index (χ4v) is 3.27. The lowest BCUT2D eigenvalue weighted by molar-refractivity contribution is -0.138. The van der Waals surface area contributed by atoms with Crippen molar-refractivity contribution in [2.45, 2.75) is 104 Å². The number of benzene rings is 1. The van der Waals surface area contributed by atoms with Gasteiger partial charge in [-0.25, -0.2) is 9.59 Å². The Labute approximate surface area is 214 Å². The van der Waals surface area contributed by atoms with Crippen molar-refractivity contribution in [3.63, 3.8) is 0 Å². The molecule has 0 bridgehead atoms. The average Bonchev–Trinajstić information content (AvgIpc) is 2.86. The van der Waals surface area contributed by atoms with Gasteiger partial charge in [0.1, 0.15) is 0 Å². The summed E-state index contributed by atoms with van der Waals surface area (Å²) in [6.07, 6.45) is 21.4. The number of esters is 1. The van der Waals surface area contributed by atoms with E-state index in [4.69, 9.17) is 9.84 Å². The smallest absolute Gasteiger partial charge is 0.337 e. The summed E-state index contributed by atoms with van der Waals surface area (Å²) in [5, 5.41) is 8.68. The summed E-state index contributed by atoms with van der Waals surface area (Å²) in [5.74, 6) is -1.13. The maximum absolute atomic E-state index is 11.5. The summed E-state index contributed by atoms with van der Waals surface area (Å²) in [5.41, 5.74) is 1.89. The molecule has 4 nitrogen and oxygen atoms in total. The van der Waals surface area contributed by atoms with E-state index in [1.54, 1.807) is 13.0 Å². The Morgan fingerprint density at radius 2 is 1.40 bits per heavy atom. The second-order valence-corrected chi connectivity index (χ2v) is 8.92. The van der Waals surface area contributed by atoms with Crippen LogP contribution in [-0.4, -0.2) is 23.7 Å². The molecule has 0 aliphatic heterocycles. The van der Waals surface area contributed by atoms with Gasteiger partial charge >= 0.3 is 11.9 Å². The zero-order valence-corrected chi connectivity index (χ0v) is 22.4. The van der Waals surface area contributed by atoms with E-state index in [1.807, 2.05) is 42.5 Å². The minimum absolute atomic E-state index is 0.342. The Hall–Kier alpha value is -2.62. The molecule has 196 valence electrons. The molecule has 4 heteroatoms. The van der Waals surface area contributed by atoms with E-state index in [-0.39, 0.29) is 5.97 Å². The predicted molar refractivity (Wildman–Crippen MR) is 148 cm³/mol. The molecule has 0 heterocycles. The van der Waals surface area contributed by atoms with Crippen molar-refractivity contribution in [1.82, 2.24) is 0 Å². The molecule has 0 amide bonds. The van der Waals surface area contributed by atoms with Crippen molar-refractivity contribution in [1.29, 1.82) is 0 Å². The monoisotopic (exact) mass is 484 g/mol. The van der Waals surface area contributed by atoms with Crippen LogP contribution in [0, 0.1) is 0 Å². The first-order chi connectivity index (χ1) is 16.9. The van der Waals surface area contributed by atoms with Crippen molar-refractivity contribution in [3.05, 3.63) is 65.8 Å². The van der Waals surface area contributed by atoms with E-state index in [0.717, 1.165) is 31.2 Å². The largest absolute Gasteiger partial charge is 0.478 e. The van der Waals surface area contributed by atoms with E-state index in [0.29, 0.717) is 17.8 Å². The van der Waals surface area contributed by atoms with Crippen molar-refractivity contribution in [3.8, 4) is 0 Å². The average molecular weight is 485 g/mol. The number of unbranched alkanes of at least 4 members (excludes halogenated alkanes) is 11. The molecule has 0 spiro atoms. The van der Waals surface area contributed by atoms with E-state index in [9.17, 15) is 9.59 Å². The first kappa shape index (κ1) is 32.4. The fraction of sp³-hybridized carbons (Fsp3) is 0.548. The highest BCUT2D eigenvalue weighted by Gasteiger charge is 2.04. The van der Waals surface area contributed by atoms with Gasteiger partial charge in [0.15, 0.2) is 0 Å². The molecule has 0 aromatic heterocycles. The quantitative estimate of drug-likeness (QED) is 0.0977. The van der Waals surface area contributed by atoms with Gasteiger partial charge in [0.2, 0.25) is 0 Å². The molecule has 0 aliphatic rings. The standard InChI is InChI=1S/C16H30O2.C15H18O2/c1-3-4-5-6-7-8-9-10-11-12-13-14-15(2)16(17)18;1-3-4-12-17-15(16)13(2)10-11-14-8-6-5-7-9-14/h14H,3-13H2,1-2H3,(H,17,18);5-11H,2-4,12H2,1H3. The third-order valence-corrected chi connectivity index (χ3v) is 5.62. The van der Waals surface area contributed by atoms with Gasteiger partial charge in [0.25, 0.3) is 0 Å². The first-order valence-electron chi connectivity index (χ1n) is 13.4. The van der Waals surface area contributed by atoms with Crippen LogP contribution in [0.25, 0.3) is 6.08 Å². The van der Waals surface area contributed by atoms with Crippen molar-refractivity contribution in [2.24, 2.45) is 0 Å². The third-order valence-electron chi connectivity index (χ3n) is 5.62. The summed E-state index contributed by atoms with van der Waals surface area (Å²) >= 11 is 0. The Kier molecular flexibility index (Phi) is 21.4. The van der Waals surface area contributed by atoms with Crippen LogP contribution in [0.5, 0.6) is 0 Å². The van der Waals surface area contributed by atoms with Gasteiger partial charge in [0, 0.05) is 5.57 Å². The zero-order chi connectivity index (χ0) is 26.2. The minimum atomic E-state index is -0.790. The molecular weight excluding hydrogens is 436 g/mol. The van der Waals surface area contributed by atoms with E-state index in [1.165, 1.54) is 57.8 Å². The summed E-state index contributed by atoms with van der Waals surface area (Å²) in [6, 6.07) is 9.77. The minimum Gasteiger partial charge on any atom is -0.478 e. The maximum Gasteiger partial charge on any atom is 0.337 e. The van der Waals surface area contributed by atoms with Crippen LogP contribution in [-0.2, 0) is 14.3 Å². The van der Waals surface area contributed by atoms with Crippen LogP contribution in [0.2, 0.25) is 0 Å². The number of carbonyl (C=O) groups is 2. The summed E-state index contributed by atoms with van der Waals surface area (Å²) in [4.78, 5) is 22.0. The van der Waals surface area contributed by atoms with Crippen LogP contribution >= 0.6 is 0 Å². The molecular formula is C31H48O4. The summed E-state index contributed by atoms with van der Waals surface area (Å²) in [7, 11) is 0. The normalized spacial score (nSPS) is 11.1. The lowest BCUT2D eigenvalue weighted by Gasteiger charge is -2.02. The van der Waals surface area contributed by atoms with Gasteiger partial charge in [-0.15, -0.1) is 0 Å². The van der Waals surface area contributed by atoms with Crippen LogP contribution in [0.15, 0.2) is 60.2 Å². The lowest BCUT2D eigenvalue weighted by atomic mass is 10.1. The number of carboxylic acids is 1. The molecule has 0 fully saturated rings. The van der Waals surface area contributed by atoms with Gasteiger partial charge in [-0.05, 0) is 37.8 Å². The van der Waals surface area contributed by atoms with Crippen LogP contribution < -0.4 is 0 Å². The first-order valence-corrected chi connectivity index (χ1v) is 13.4. The number of carbonyl (C=O) groups excluding carboxylic acids is 1. The molecule has 35 heavy (non-hydrogen) atoms. The van der Waals surface area contributed by atoms with Gasteiger partial charge in [-0.2, -0.15) is 0 Å². The van der Waals surface area contributed by atoms with E-state index >= 15 is 0 Å². The van der Waals surface area contributed by atoms with E-state index < -0.39 is 5.97 Å². The van der Waals surface area contributed by atoms with Gasteiger partial charge in [-0.1, -0.05) is 127 Å². The number of rotatable bonds is 18. The SMILES string of the molecule is C=C(C=Cc1ccccc1)C(=O)OCCCC.CCCCCCCCCCCCC=C(C)C(=O)O. The summed E-state index contributed by atoms with van der Waals surface area (Å²) in [6.45, 7) is 10.1. The molecule has 0 saturated heterocycles. The second-order valence-electron chi connectivity index (χ2n) is 8.92. The fourth-order valence-electron chi connectivity index (χ4n) is 3.27. The van der Waals surface area contributed by atoms with Crippen LogP contribution in [0.1, 0.15) is 110 Å². The second kappa shape index (κ2) is 23.1. The topological polar surface area (TPSA) is 63.6 Å². The van der Waals surface area contributed by atoms with Crippen LogP contribution in [0.3, 0.4) is 0 Å². The predicted octanol–water partition coefficient (Wildman–Crippen LogP) is 8.93. The number of hydrogen-bond donors (Lipinski definition) is 1. The number of aliphatic carboxylic acids is 1. The van der Waals surface area contributed by atoms with Crippen molar-refractivity contribution in [2.75, 3.05) is 6.61 Å². The maximum atomic E-state index is 11.5. The number of hydrogen-bond acceptors (Lipinski definition) is 3. The highest BCUT2D eigenvalue weighted by molar-refractivity contribution is 5.92. The van der Waals surface area contributed by atoms with E-state index in [2.05, 4.69) is 20.4 Å². The molecule has 0 saturated carbocycles. The van der Waals surface area contributed by atoms with Crippen molar-refractivity contribution >= 4 is 18.0 Å². The molecule has 0 atom stereocenters. The lowest BCUT2D eigenvalue weighted by Crippen LogP contribution is -2.06. The highest BCUT2D eigenvalue weighted by Crippen LogP contribution is 2.12. The summed E-state index contributed by atoms with van der Waals surface area (Å²) < 4.78 is 5.04. The van der Waals surface area contributed by atoms with Gasteiger partial charge in [0.05, 0.1) is 12.2 Å². The molecule has 0 aliphatic carbocycles. The Balaban J connectivity index is 0.000000661. The Morgan fingerprint density at radius 3 is 1.94 bits per heavy atom. The zero-order valence-electron chi connectivity index (χ0n) is 22.4. The Morgan fingerprint density at radius 1 is 0.857 bits per heavy atom. The molecule has 1 aromatic rings. The molecule has 0 radical (unpaired) electrons. The third kappa shape index (κ3) is 20.5. The molecule has 1 N–H and O–H groups in total. The number of carboxylic acid groups (broad SMARTS) is 1. The van der Waals surface area contributed by atoms with Gasteiger partial charge < -0.3 is 9.84 Å².